The van der Waals surface area contributed by atoms with E-state index in [2.05, 4.69) is 30.1 Å². The third kappa shape index (κ3) is 1.64. The van der Waals surface area contributed by atoms with Crippen molar-refractivity contribution in [2.75, 3.05) is 0 Å². The van der Waals surface area contributed by atoms with Gasteiger partial charge in [0.25, 0.3) is 0 Å². The average Bonchev–Trinajstić information content (AvgIpc) is 2.92. The van der Waals surface area contributed by atoms with Crippen LogP contribution in [0.4, 0.5) is 0 Å². The van der Waals surface area contributed by atoms with Crippen LogP contribution in [0.15, 0.2) is 24.3 Å². The van der Waals surface area contributed by atoms with E-state index < -0.39 is 0 Å². The molecule has 3 rings (SSSR count). The van der Waals surface area contributed by atoms with Gasteiger partial charge in [0.1, 0.15) is 0 Å². The van der Waals surface area contributed by atoms with Crippen LogP contribution in [-0.4, -0.2) is 11.0 Å². The molecule has 1 fully saturated rings. The van der Waals surface area contributed by atoms with Gasteiger partial charge in [0.05, 0.1) is 15.2 Å². The molecule has 1 heterocycles. The first-order chi connectivity index (χ1) is 7.70. The molecule has 1 aliphatic rings. The summed E-state index contributed by atoms with van der Waals surface area (Å²) >= 11 is 1.81. The minimum absolute atomic E-state index is 0.291. The van der Waals surface area contributed by atoms with Gasteiger partial charge in [-0.2, -0.15) is 0 Å². The molecule has 84 valence electrons. The molecule has 0 saturated heterocycles. The van der Waals surface area contributed by atoms with Crippen LogP contribution in [0, 0.1) is 5.41 Å². The van der Waals surface area contributed by atoms with E-state index in [1.165, 1.54) is 22.5 Å². The van der Waals surface area contributed by atoms with E-state index in [1.54, 1.807) is 0 Å². The number of rotatable bonds is 3. The summed E-state index contributed by atoms with van der Waals surface area (Å²) in [6, 6.07) is 8.63. The quantitative estimate of drug-likeness (QED) is 0.883. The summed E-state index contributed by atoms with van der Waals surface area (Å²) in [6.45, 7) is 2.13. The first kappa shape index (κ1) is 10.2. The summed E-state index contributed by atoms with van der Waals surface area (Å²) in [5, 5.41) is 1.25. The molecule has 1 atom stereocenters. The maximum atomic E-state index is 6.05. The number of aromatic nitrogens is 1. The van der Waals surface area contributed by atoms with E-state index in [4.69, 9.17) is 5.73 Å². The number of nitrogens with two attached hydrogens (primary N) is 1. The SMILES string of the molecule is CC(N)C1(Cc2nc3ccccc3s2)CC1. The Hall–Kier alpha value is -0.930. The standard InChI is InChI=1S/C13H16N2S/c1-9(14)13(6-7-13)8-12-15-10-4-2-3-5-11(10)16-12/h2-5,9H,6-8,14H2,1H3. The molecular formula is C13H16N2S. The Morgan fingerprint density at radius 1 is 1.44 bits per heavy atom. The minimum Gasteiger partial charge on any atom is -0.327 e. The number of thiazole rings is 1. The first-order valence-electron chi connectivity index (χ1n) is 5.80. The molecule has 2 N–H and O–H groups in total. The molecule has 3 heteroatoms. The summed E-state index contributed by atoms with van der Waals surface area (Å²) < 4.78 is 1.29. The molecule has 1 aliphatic carbocycles. The number of para-hydroxylation sites is 1. The van der Waals surface area contributed by atoms with Crippen molar-refractivity contribution in [3.8, 4) is 0 Å². The van der Waals surface area contributed by atoms with E-state index in [0.717, 1.165) is 11.9 Å². The lowest BCUT2D eigenvalue weighted by atomic mass is 9.95. The smallest absolute Gasteiger partial charge is 0.0944 e. The van der Waals surface area contributed by atoms with Gasteiger partial charge in [0.2, 0.25) is 0 Å². The van der Waals surface area contributed by atoms with Gasteiger partial charge in [-0.25, -0.2) is 4.98 Å². The number of nitrogens with zero attached hydrogens (tertiary/aromatic N) is 1. The average molecular weight is 232 g/mol. The number of benzene rings is 1. The van der Waals surface area contributed by atoms with Crippen LogP contribution in [0.2, 0.25) is 0 Å². The topological polar surface area (TPSA) is 38.9 Å². The second-order valence-electron chi connectivity index (χ2n) is 4.90. The van der Waals surface area contributed by atoms with Gasteiger partial charge in [-0.05, 0) is 37.3 Å². The van der Waals surface area contributed by atoms with Crippen molar-refractivity contribution in [3.63, 3.8) is 0 Å². The highest BCUT2D eigenvalue weighted by molar-refractivity contribution is 7.18. The second kappa shape index (κ2) is 3.54. The Morgan fingerprint density at radius 2 is 2.19 bits per heavy atom. The van der Waals surface area contributed by atoms with Gasteiger partial charge < -0.3 is 5.73 Å². The molecule has 0 bridgehead atoms. The van der Waals surface area contributed by atoms with Crippen LogP contribution in [-0.2, 0) is 6.42 Å². The fourth-order valence-corrected chi connectivity index (χ4v) is 3.37. The fraction of sp³-hybridized carbons (Fsp3) is 0.462. The van der Waals surface area contributed by atoms with Crippen molar-refractivity contribution in [3.05, 3.63) is 29.3 Å². The molecule has 1 saturated carbocycles. The fourth-order valence-electron chi connectivity index (χ4n) is 2.25. The first-order valence-corrected chi connectivity index (χ1v) is 6.61. The monoisotopic (exact) mass is 232 g/mol. The van der Waals surface area contributed by atoms with Gasteiger partial charge >= 0.3 is 0 Å². The highest BCUT2D eigenvalue weighted by Gasteiger charge is 2.46. The summed E-state index contributed by atoms with van der Waals surface area (Å²) in [7, 11) is 0. The molecule has 0 spiro atoms. The van der Waals surface area contributed by atoms with Crippen LogP contribution >= 0.6 is 11.3 Å². The highest BCUT2D eigenvalue weighted by Crippen LogP contribution is 2.51. The van der Waals surface area contributed by atoms with E-state index in [0.29, 0.717) is 11.5 Å². The molecule has 16 heavy (non-hydrogen) atoms. The second-order valence-corrected chi connectivity index (χ2v) is 6.02. The summed E-state index contributed by atoms with van der Waals surface area (Å²) in [4.78, 5) is 4.68. The minimum atomic E-state index is 0.291. The molecule has 1 aromatic carbocycles. The summed E-state index contributed by atoms with van der Waals surface area (Å²) in [5.41, 5.74) is 7.53. The maximum absolute atomic E-state index is 6.05. The third-order valence-electron chi connectivity index (χ3n) is 3.70. The van der Waals surface area contributed by atoms with Gasteiger partial charge in [0, 0.05) is 12.5 Å². The lowest BCUT2D eigenvalue weighted by Crippen LogP contribution is -2.29. The molecule has 0 radical (unpaired) electrons. The molecule has 2 nitrogen and oxygen atoms in total. The van der Waals surface area contributed by atoms with Crippen LogP contribution < -0.4 is 5.73 Å². The Bertz CT molecular complexity index is 478. The summed E-state index contributed by atoms with van der Waals surface area (Å²) in [5.74, 6) is 0. The largest absolute Gasteiger partial charge is 0.327 e. The van der Waals surface area contributed by atoms with Crippen LogP contribution in [0.1, 0.15) is 24.8 Å². The molecule has 2 aromatic rings. The predicted molar refractivity (Wildman–Crippen MR) is 68.6 cm³/mol. The van der Waals surface area contributed by atoms with Crippen LogP contribution in [0.3, 0.4) is 0 Å². The third-order valence-corrected chi connectivity index (χ3v) is 4.74. The van der Waals surface area contributed by atoms with Crippen molar-refractivity contribution < 1.29 is 0 Å². The molecule has 1 unspecified atom stereocenters. The van der Waals surface area contributed by atoms with E-state index >= 15 is 0 Å². The van der Waals surface area contributed by atoms with Crippen LogP contribution in [0.5, 0.6) is 0 Å². The lowest BCUT2D eigenvalue weighted by molar-refractivity contribution is 0.418. The van der Waals surface area contributed by atoms with Crippen molar-refractivity contribution in [1.29, 1.82) is 0 Å². The van der Waals surface area contributed by atoms with Crippen LogP contribution in [0.25, 0.3) is 10.2 Å². The van der Waals surface area contributed by atoms with E-state index in [9.17, 15) is 0 Å². The van der Waals surface area contributed by atoms with Crippen molar-refractivity contribution in [2.24, 2.45) is 11.1 Å². The summed E-state index contributed by atoms with van der Waals surface area (Å²) in [6.07, 6.45) is 3.59. The Kier molecular flexibility index (Phi) is 2.26. The molecule has 0 amide bonds. The predicted octanol–water partition coefficient (Wildman–Crippen LogP) is 2.97. The zero-order valence-electron chi connectivity index (χ0n) is 9.44. The zero-order chi connectivity index (χ0) is 11.2. The normalized spacial score (nSPS) is 19.9. The number of hydrogen-bond acceptors (Lipinski definition) is 3. The number of hydrogen-bond donors (Lipinski definition) is 1. The van der Waals surface area contributed by atoms with Gasteiger partial charge in [-0.1, -0.05) is 12.1 Å². The van der Waals surface area contributed by atoms with Crippen molar-refractivity contribution >= 4 is 21.6 Å². The van der Waals surface area contributed by atoms with Crippen molar-refractivity contribution in [1.82, 2.24) is 4.98 Å². The Balaban J connectivity index is 1.90. The molecule has 0 aliphatic heterocycles. The lowest BCUT2D eigenvalue weighted by Gasteiger charge is -2.17. The zero-order valence-corrected chi connectivity index (χ0v) is 10.3. The van der Waals surface area contributed by atoms with E-state index in [1.807, 2.05) is 17.4 Å². The molecule has 1 aromatic heterocycles. The Morgan fingerprint density at radius 3 is 2.81 bits per heavy atom. The number of fused-ring (bicyclic) bond motifs is 1. The van der Waals surface area contributed by atoms with Gasteiger partial charge in [0.15, 0.2) is 0 Å². The van der Waals surface area contributed by atoms with Gasteiger partial charge in [-0.3, -0.25) is 0 Å². The Labute approximate surface area is 99.5 Å². The van der Waals surface area contributed by atoms with Crippen molar-refractivity contribution in [2.45, 2.75) is 32.2 Å². The van der Waals surface area contributed by atoms with Gasteiger partial charge in [-0.15, -0.1) is 11.3 Å². The molecular weight excluding hydrogens is 216 g/mol. The highest BCUT2D eigenvalue weighted by atomic mass is 32.1. The van der Waals surface area contributed by atoms with E-state index in [-0.39, 0.29) is 0 Å². The maximum Gasteiger partial charge on any atom is 0.0944 e.